The number of carbonyl (C=O) groups is 1. The first kappa shape index (κ1) is 22.5. The van der Waals surface area contributed by atoms with Gasteiger partial charge in [-0.15, -0.1) is 0 Å². The maximum Gasteiger partial charge on any atom is 0.271 e. The molecule has 0 spiro atoms. The van der Waals surface area contributed by atoms with Crippen LogP contribution >= 0.6 is 11.6 Å². The molecule has 3 aromatic carbocycles. The van der Waals surface area contributed by atoms with Crippen LogP contribution in [-0.4, -0.2) is 36.6 Å². The lowest BCUT2D eigenvalue weighted by Crippen LogP contribution is -2.17. The molecule has 3 rings (SSSR count). The Hall–Kier alpha value is -4.15. The fraction of sp³-hybridized carbons (Fsp3) is 0.0833. The lowest BCUT2D eigenvalue weighted by atomic mass is 10.1. The number of methoxy groups -OCH3 is 2. The van der Waals surface area contributed by atoms with Crippen molar-refractivity contribution in [1.29, 1.82) is 0 Å². The predicted molar refractivity (Wildman–Crippen MR) is 122 cm³/mol. The van der Waals surface area contributed by atoms with Gasteiger partial charge in [-0.3, -0.25) is 4.79 Å². The molecule has 0 saturated heterocycles. The van der Waals surface area contributed by atoms with Crippen LogP contribution in [0.15, 0.2) is 59.7 Å². The van der Waals surface area contributed by atoms with Gasteiger partial charge in [0.25, 0.3) is 5.91 Å². The van der Waals surface area contributed by atoms with Gasteiger partial charge in [0.15, 0.2) is 11.5 Å². The second kappa shape index (κ2) is 10.2. The van der Waals surface area contributed by atoms with Gasteiger partial charge in [-0.05, 0) is 54.1 Å². The van der Waals surface area contributed by atoms with Gasteiger partial charge in [-0.1, -0.05) is 29.5 Å². The first-order chi connectivity index (χ1) is 15.4. The van der Waals surface area contributed by atoms with Crippen molar-refractivity contribution in [3.63, 3.8) is 0 Å². The van der Waals surface area contributed by atoms with Crippen molar-refractivity contribution < 1.29 is 24.5 Å². The van der Waals surface area contributed by atoms with E-state index in [9.17, 15) is 15.0 Å². The molecule has 8 heteroatoms. The predicted octanol–water partition coefficient (Wildman–Crippen LogP) is 3.93. The zero-order valence-corrected chi connectivity index (χ0v) is 18.0. The number of hydrogen-bond donors (Lipinski definition) is 3. The highest BCUT2D eigenvalue weighted by atomic mass is 35.5. The molecule has 0 heterocycles. The first-order valence-electron chi connectivity index (χ1n) is 9.30. The largest absolute Gasteiger partial charge is 0.508 e. The molecule has 3 N–H and O–H groups in total. The van der Waals surface area contributed by atoms with Crippen LogP contribution in [-0.2, 0) is 0 Å². The van der Waals surface area contributed by atoms with Crippen LogP contribution in [0.1, 0.15) is 27.0 Å². The summed E-state index contributed by atoms with van der Waals surface area (Å²) in [6.45, 7) is 0. The van der Waals surface area contributed by atoms with Crippen molar-refractivity contribution in [2.45, 2.75) is 0 Å². The molecule has 0 aromatic heterocycles. The van der Waals surface area contributed by atoms with E-state index in [1.54, 1.807) is 36.4 Å². The second-order valence-corrected chi connectivity index (χ2v) is 6.88. The summed E-state index contributed by atoms with van der Waals surface area (Å²) in [6, 6.07) is 14.1. The number of rotatable bonds is 5. The molecule has 0 bridgehead atoms. The molecule has 3 aromatic rings. The van der Waals surface area contributed by atoms with Crippen molar-refractivity contribution in [2.75, 3.05) is 14.2 Å². The van der Waals surface area contributed by atoms with E-state index in [1.165, 1.54) is 38.6 Å². The molecule has 0 aliphatic heterocycles. The van der Waals surface area contributed by atoms with Crippen molar-refractivity contribution in [3.05, 3.63) is 81.9 Å². The number of hydrogen-bond acceptors (Lipinski definition) is 6. The zero-order chi connectivity index (χ0) is 23.1. The van der Waals surface area contributed by atoms with Gasteiger partial charge in [0, 0.05) is 11.1 Å². The number of benzene rings is 3. The van der Waals surface area contributed by atoms with Crippen molar-refractivity contribution in [3.8, 4) is 34.8 Å². The van der Waals surface area contributed by atoms with Crippen molar-refractivity contribution >= 4 is 23.7 Å². The number of aromatic hydroxyl groups is 2. The van der Waals surface area contributed by atoms with Crippen LogP contribution in [0.4, 0.5) is 0 Å². The summed E-state index contributed by atoms with van der Waals surface area (Å²) in [6.07, 6.45) is 1.43. The number of nitrogens with one attached hydrogen (secondary N) is 1. The number of phenols is 2. The highest BCUT2D eigenvalue weighted by Crippen LogP contribution is 2.32. The molecule has 32 heavy (non-hydrogen) atoms. The van der Waals surface area contributed by atoms with Crippen LogP contribution < -0.4 is 14.9 Å². The summed E-state index contributed by atoms with van der Waals surface area (Å²) in [5.41, 5.74) is 4.41. The third kappa shape index (κ3) is 5.50. The average molecular weight is 451 g/mol. The summed E-state index contributed by atoms with van der Waals surface area (Å²) in [5.74, 6) is 6.37. The summed E-state index contributed by atoms with van der Waals surface area (Å²) < 4.78 is 10.8. The minimum atomic E-state index is -0.493. The Morgan fingerprint density at radius 2 is 1.88 bits per heavy atom. The number of carbonyl (C=O) groups excluding carboxylic acids is 1. The molecule has 162 valence electrons. The van der Waals surface area contributed by atoms with E-state index in [-0.39, 0.29) is 22.1 Å². The molecule has 0 aliphatic rings. The summed E-state index contributed by atoms with van der Waals surface area (Å²) in [5, 5.41) is 23.1. The van der Waals surface area contributed by atoms with E-state index in [0.717, 1.165) is 0 Å². The monoisotopic (exact) mass is 450 g/mol. The van der Waals surface area contributed by atoms with Gasteiger partial charge >= 0.3 is 0 Å². The molecular formula is C24H19ClN2O5. The SMILES string of the molecule is COc1cc(/C=N/NC(=O)c2ccc(O)c(Cl)c2)cc(C#Cc2cccc(O)c2)c1OC. The van der Waals surface area contributed by atoms with Crippen molar-refractivity contribution in [2.24, 2.45) is 5.10 Å². The van der Waals surface area contributed by atoms with E-state index in [2.05, 4.69) is 22.4 Å². The topological polar surface area (TPSA) is 100 Å². The Kier molecular flexibility index (Phi) is 7.21. The van der Waals surface area contributed by atoms with Crippen molar-refractivity contribution in [1.82, 2.24) is 5.43 Å². The first-order valence-corrected chi connectivity index (χ1v) is 9.68. The van der Waals surface area contributed by atoms with E-state index < -0.39 is 5.91 Å². The molecule has 0 unspecified atom stereocenters. The number of hydrazone groups is 1. The van der Waals surface area contributed by atoms with Crippen LogP contribution in [0.5, 0.6) is 23.0 Å². The van der Waals surface area contributed by atoms with Crippen LogP contribution in [0, 0.1) is 11.8 Å². The van der Waals surface area contributed by atoms with Gasteiger partial charge in [0.2, 0.25) is 0 Å². The molecule has 1 amide bonds. The Bertz CT molecular complexity index is 1240. The highest BCUT2D eigenvalue weighted by Gasteiger charge is 2.11. The normalized spacial score (nSPS) is 10.3. The third-order valence-electron chi connectivity index (χ3n) is 4.28. The van der Waals surface area contributed by atoms with Crippen LogP contribution in [0.25, 0.3) is 0 Å². The van der Waals surface area contributed by atoms with Crippen LogP contribution in [0.3, 0.4) is 0 Å². The molecule has 0 saturated carbocycles. The molecular weight excluding hydrogens is 432 g/mol. The lowest BCUT2D eigenvalue weighted by molar-refractivity contribution is 0.0955. The number of amides is 1. The molecule has 0 fully saturated rings. The van der Waals surface area contributed by atoms with Gasteiger partial charge < -0.3 is 19.7 Å². The standard InChI is InChI=1S/C24H19ClN2O5/c1-31-22-12-16(14-26-27-24(30)18-8-9-21(29)20(25)13-18)10-17(23(22)32-2)7-6-15-4-3-5-19(28)11-15/h3-5,8-14,28-29H,1-2H3,(H,27,30)/b26-14+. The lowest BCUT2D eigenvalue weighted by Gasteiger charge is -2.10. The number of nitrogens with zero attached hydrogens (tertiary/aromatic N) is 1. The van der Waals surface area contributed by atoms with Gasteiger partial charge in [0.05, 0.1) is 31.0 Å². The minimum absolute atomic E-state index is 0.0662. The van der Waals surface area contributed by atoms with Gasteiger partial charge in [-0.2, -0.15) is 5.10 Å². The van der Waals surface area contributed by atoms with E-state index in [1.807, 2.05) is 0 Å². The summed E-state index contributed by atoms with van der Waals surface area (Å²) >= 11 is 5.83. The zero-order valence-electron chi connectivity index (χ0n) is 17.2. The van der Waals surface area contributed by atoms with E-state index >= 15 is 0 Å². The summed E-state index contributed by atoms with van der Waals surface area (Å²) in [4.78, 5) is 12.2. The maximum atomic E-state index is 12.2. The van der Waals surface area contributed by atoms with E-state index in [0.29, 0.717) is 28.2 Å². The quantitative estimate of drug-likeness (QED) is 0.310. The molecule has 0 radical (unpaired) electrons. The highest BCUT2D eigenvalue weighted by molar-refractivity contribution is 6.32. The fourth-order valence-corrected chi connectivity index (χ4v) is 2.93. The van der Waals surface area contributed by atoms with Crippen LogP contribution in [0.2, 0.25) is 5.02 Å². The third-order valence-corrected chi connectivity index (χ3v) is 4.58. The molecule has 7 nitrogen and oxygen atoms in total. The Morgan fingerprint density at radius 1 is 1.06 bits per heavy atom. The summed E-state index contributed by atoms with van der Waals surface area (Å²) in [7, 11) is 3.01. The van der Waals surface area contributed by atoms with E-state index in [4.69, 9.17) is 21.1 Å². The Morgan fingerprint density at radius 3 is 2.56 bits per heavy atom. The van der Waals surface area contributed by atoms with Gasteiger partial charge in [-0.25, -0.2) is 5.43 Å². The smallest absolute Gasteiger partial charge is 0.271 e. The van der Waals surface area contributed by atoms with Gasteiger partial charge in [0.1, 0.15) is 11.5 Å². The fourth-order valence-electron chi connectivity index (χ4n) is 2.75. The molecule has 0 atom stereocenters. The number of halogens is 1. The Balaban J connectivity index is 1.86. The molecule has 0 aliphatic carbocycles. The maximum absolute atomic E-state index is 12.2. The number of ether oxygens (including phenoxy) is 2. The Labute approximate surface area is 189 Å². The minimum Gasteiger partial charge on any atom is -0.508 e. The number of phenolic OH excluding ortho intramolecular Hbond substituents is 2. The second-order valence-electron chi connectivity index (χ2n) is 6.47. The average Bonchev–Trinajstić information content (AvgIpc) is 2.79.